The van der Waals surface area contributed by atoms with Gasteiger partial charge in [-0.05, 0) is 55.8 Å². The summed E-state index contributed by atoms with van der Waals surface area (Å²) >= 11 is 0. The zero-order valence-corrected chi connectivity index (χ0v) is 13.1. The molecule has 0 saturated heterocycles. The van der Waals surface area contributed by atoms with Crippen LogP contribution in [0.5, 0.6) is 11.5 Å². The standard InChI is InChI=1S/C18H23NO2/c1-13-5-6-14(2)18(11-13)21-12-17(19-3)15-7-9-16(20-4)10-8-15/h5-11,17,19H,12H2,1-4H3. The molecular weight excluding hydrogens is 262 g/mol. The molecule has 3 heteroatoms. The van der Waals surface area contributed by atoms with Crippen LogP contribution in [0, 0.1) is 13.8 Å². The summed E-state index contributed by atoms with van der Waals surface area (Å²) in [5.74, 6) is 1.81. The Morgan fingerprint density at radius 3 is 2.38 bits per heavy atom. The molecule has 0 aromatic heterocycles. The first-order chi connectivity index (χ1) is 10.1. The average molecular weight is 285 g/mol. The Hall–Kier alpha value is -2.00. The second kappa shape index (κ2) is 7.14. The molecule has 0 spiro atoms. The minimum Gasteiger partial charge on any atom is -0.497 e. The summed E-state index contributed by atoms with van der Waals surface area (Å²) in [5, 5.41) is 3.29. The normalized spacial score (nSPS) is 12.0. The van der Waals surface area contributed by atoms with Crippen molar-refractivity contribution in [3.8, 4) is 11.5 Å². The minimum atomic E-state index is 0.149. The van der Waals surface area contributed by atoms with E-state index in [0.29, 0.717) is 6.61 Å². The minimum absolute atomic E-state index is 0.149. The van der Waals surface area contributed by atoms with Gasteiger partial charge in [-0.1, -0.05) is 24.3 Å². The molecule has 1 N–H and O–H groups in total. The van der Waals surface area contributed by atoms with Crippen LogP contribution in [0.4, 0.5) is 0 Å². The van der Waals surface area contributed by atoms with Crippen LogP contribution < -0.4 is 14.8 Å². The van der Waals surface area contributed by atoms with Crippen LogP contribution in [-0.4, -0.2) is 20.8 Å². The highest BCUT2D eigenvalue weighted by atomic mass is 16.5. The number of rotatable bonds is 6. The van der Waals surface area contributed by atoms with Crippen LogP contribution in [-0.2, 0) is 0 Å². The third-order valence-electron chi connectivity index (χ3n) is 3.62. The molecule has 21 heavy (non-hydrogen) atoms. The topological polar surface area (TPSA) is 30.5 Å². The summed E-state index contributed by atoms with van der Waals surface area (Å²) in [4.78, 5) is 0. The van der Waals surface area contributed by atoms with E-state index in [2.05, 4.69) is 49.5 Å². The van der Waals surface area contributed by atoms with Crippen LogP contribution in [0.1, 0.15) is 22.7 Å². The predicted molar refractivity (Wildman–Crippen MR) is 86.2 cm³/mol. The number of hydrogen-bond acceptors (Lipinski definition) is 3. The van der Waals surface area contributed by atoms with Crippen molar-refractivity contribution in [3.05, 3.63) is 59.2 Å². The highest BCUT2D eigenvalue weighted by Crippen LogP contribution is 2.22. The molecule has 0 aliphatic heterocycles. The molecule has 112 valence electrons. The number of benzene rings is 2. The van der Waals surface area contributed by atoms with E-state index in [1.165, 1.54) is 11.1 Å². The molecule has 0 radical (unpaired) electrons. The van der Waals surface area contributed by atoms with Crippen molar-refractivity contribution in [2.75, 3.05) is 20.8 Å². The van der Waals surface area contributed by atoms with Crippen molar-refractivity contribution in [2.24, 2.45) is 0 Å². The van der Waals surface area contributed by atoms with Crippen molar-refractivity contribution < 1.29 is 9.47 Å². The van der Waals surface area contributed by atoms with E-state index in [-0.39, 0.29) is 6.04 Å². The lowest BCUT2D eigenvalue weighted by Crippen LogP contribution is -2.23. The van der Waals surface area contributed by atoms with Gasteiger partial charge in [-0.2, -0.15) is 0 Å². The van der Waals surface area contributed by atoms with Crippen LogP contribution in [0.25, 0.3) is 0 Å². The van der Waals surface area contributed by atoms with Crippen molar-refractivity contribution in [3.63, 3.8) is 0 Å². The van der Waals surface area contributed by atoms with Gasteiger partial charge in [0.1, 0.15) is 18.1 Å². The van der Waals surface area contributed by atoms with Crippen LogP contribution >= 0.6 is 0 Å². The van der Waals surface area contributed by atoms with Crippen LogP contribution in [0.15, 0.2) is 42.5 Å². The first-order valence-electron chi connectivity index (χ1n) is 7.15. The van der Waals surface area contributed by atoms with E-state index in [0.717, 1.165) is 17.1 Å². The first-order valence-corrected chi connectivity index (χ1v) is 7.15. The Morgan fingerprint density at radius 2 is 1.76 bits per heavy atom. The Labute approximate surface area is 126 Å². The molecule has 2 aromatic rings. The fraction of sp³-hybridized carbons (Fsp3) is 0.333. The number of nitrogens with one attached hydrogen (secondary N) is 1. The Bertz CT molecular complexity index is 578. The fourth-order valence-corrected chi connectivity index (χ4v) is 2.22. The third kappa shape index (κ3) is 3.99. The van der Waals surface area contributed by atoms with E-state index in [9.17, 15) is 0 Å². The van der Waals surface area contributed by atoms with Crippen LogP contribution in [0.2, 0.25) is 0 Å². The molecule has 0 amide bonds. The van der Waals surface area contributed by atoms with Crippen molar-refractivity contribution in [1.29, 1.82) is 0 Å². The molecule has 0 bridgehead atoms. The Kier molecular flexibility index (Phi) is 5.23. The Morgan fingerprint density at radius 1 is 1.05 bits per heavy atom. The summed E-state index contributed by atoms with van der Waals surface area (Å²) < 4.78 is 11.2. The second-order valence-corrected chi connectivity index (χ2v) is 5.19. The van der Waals surface area contributed by atoms with Crippen molar-refractivity contribution >= 4 is 0 Å². The summed E-state index contributed by atoms with van der Waals surface area (Å²) in [7, 11) is 3.62. The van der Waals surface area contributed by atoms with Gasteiger partial charge in [-0.3, -0.25) is 0 Å². The molecule has 3 nitrogen and oxygen atoms in total. The van der Waals surface area contributed by atoms with Gasteiger partial charge in [0.15, 0.2) is 0 Å². The third-order valence-corrected chi connectivity index (χ3v) is 3.62. The number of hydrogen-bond donors (Lipinski definition) is 1. The molecule has 1 atom stereocenters. The largest absolute Gasteiger partial charge is 0.497 e. The number of ether oxygens (including phenoxy) is 2. The molecule has 0 fully saturated rings. The second-order valence-electron chi connectivity index (χ2n) is 5.19. The number of likely N-dealkylation sites (N-methyl/N-ethyl adjacent to an activating group) is 1. The maximum atomic E-state index is 5.99. The van der Waals surface area contributed by atoms with E-state index < -0.39 is 0 Å². The van der Waals surface area contributed by atoms with E-state index in [1.54, 1.807) is 7.11 Å². The summed E-state index contributed by atoms with van der Waals surface area (Å²) in [6, 6.07) is 14.5. The average Bonchev–Trinajstić information content (AvgIpc) is 2.51. The zero-order chi connectivity index (χ0) is 15.2. The van der Waals surface area contributed by atoms with E-state index in [1.807, 2.05) is 19.2 Å². The maximum absolute atomic E-state index is 5.99. The van der Waals surface area contributed by atoms with Gasteiger partial charge in [-0.25, -0.2) is 0 Å². The molecule has 0 aliphatic rings. The molecule has 2 aromatic carbocycles. The van der Waals surface area contributed by atoms with E-state index >= 15 is 0 Å². The van der Waals surface area contributed by atoms with E-state index in [4.69, 9.17) is 9.47 Å². The lowest BCUT2D eigenvalue weighted by molar-refractivity contribution is 0.271. The van der Waals surface area contributed by atoms with Gasteiger partial charge in [0.2, 0.25) is 0 Å². The molecule has 2 rings (SSSR count). The van der Waals surface area contributed by atoms with Crippen molar-refractivity contribution in [2.45, 2.75) is 19.9 Å². The van der Waals surface area contributed by atoms with Crippen LogP contribution in [0.3, 0.4) is 0 Å². The SMILES string of the molecule is CNC(COc1cc(C)ccc1C)c1ccc(OC)cc1. The Balaban J connectivity index is 2.06. The van der Waals surface area contributed by atoms with Gasteiger partial charge in [0, 0.05) is 0 Å². The zero-order valence-electron chi connectivity index (χ0n) is 13.1. The monoisotopic (exact) mass is 285 g/mol. The number of aryl methyl sites for hydroxylation is 2. The maximum Gasteiger partial charge on any atom is 0.122 e. The quantitative estimate of drug-likeness (QED) is 0.878. The summed E-state index contributed by atoms with van der Waals surface area (Å²) in [6.07, 6.45) is 0. The lowest BCUT2D eigenvalue weighted by Gasteiger charge is -2.19. The van der Waals surface area contributed by atoms with Gasteiger partial charge in [-0.15, -0.1) is 0 Å². The smallest absolute Gasteiger partial charge is 0.122 e. The molecular formula is C18H23NO2. The predicted octanol–water partition coefficient (Wildman–Crippen LogP) is 3.65. The number of methoxy groups -OCH3 is 1. The highest BCUT2D eigenvalue weighted by molar-refractivity contribution is 5.36. The van der Waals surface area contributed by atoms with Gasteiger partial charge in [0.25, 0.3) is 0 Å². The molecule has 1 unspecified atom stereocenters. The highest BCUT2D eigenvalue weighted by Gasteiger charge is 2.11. The molecule has 0 aliphatic carbocycles. The summed E-state index contributed by atoms with van der Waals surface area (Å²) in [6.45, 7) is 4.73. The van der Waals surface area contributed by atoms with Gasteiger partial charge >= 0.3 is 0 Å². The van der Waals surface area contributed by atoms with Gasteiger partial charge < -0.3 is 14.8 Å². The fourth-order valence-electron chi connectivity index (χ4n) is 2.22. The van der Waals surface area contributed by atoms with Gasteiger partial charge in [0.05, 0.1) is 13.2 Å². The van der Waals surface area contributed by atoms with Crippen molar-refractivity contribution in [1.82, 2.24) is 5.32 Å². The molecule has 0 heterocycles. The summed E-state index contributed by atoms with van der Waals surface area (Å²) in [5.41, 5.74) is 3.55. The first kappa shape index (κ1) is 15.4. The lowest BCUT2D eigenvalue weighted by atomic mass is 10.1. The molecule has 0 saturated carbocycles.